The summed E-state index contributed by atoms with van der Waals surface area (Å²) in [6, 6.07) is 7.79. The molecule has 2 aliphatic rings. The highest BCUT2D eigenvalue weighted by atomic mass is 15.2. The van der Waals surface area contributed by atoms with Crippen molar-refractivity contribution in [1.82, 2.24) is 4.90 Å². The first-order valence-electron chi connectivity index (χ1n) is 7.46. The molecule has 1 N–H and O–H groups in total. The van der Waals surface area contributed by atoms with Gasteiger partial charge in [0.1, 0.15) is 0 Å². The standard InChI is InChI=1S/C16H24N2/c1-2-15-5-3-4-10-18(15)12-13-6-7-16-14(11-13)8-9-17-16/h6-7,11,15,17H,2-5,8-10,12H2,1H3. The van der Waals surface area contributed by atoms with Gasteiger partial charge in [0, 0.05) is 24.8 Å². The van der Waals surface area contributed by atoms with Crippen LogP contribution in [0.5, 0.6) is 0 Å². The predicted octanol–water partition coefficient (Wildman–Crippen LogP) is 3.42. The molecule has 0 aromatic heterocycles. The van der Waals surface area contributed by atoms with Gasteiger partial charge in [0.2, 0.25) is 0 Å². The first-order chi connectivity index (χ1) is 8.86. The maximum atomic E-state index is 3.44. The van der Waals surface area contributed by atoms with Crippen LogP contribution in [-0.2, 0) is 13.0 Å². The molecule has 1 unspecified atom stereocenters. The van der Waals surface area contributed by atoms with Crippen LogP contribution in [0.4, 0.5) is 5.69 Å². The zero-order chi connectivity index (χ0) is 12.4. The van der Waals surface area contributed by atoms with Crippen LogP contribution in [0.3, 0.4) is 0 Å². The molecule has 0 radical (unpaired) electrons. The van der Waals surface area contributed by atoms with Crippen molar-refractivity contribution in [3.05, 3.63) is 29.3 Å². The number of piperidine rings is 1. The molecule has 0 saturated carbocycles. The van der Waals surface area contributed by atoms with Crippen LogP contribution in [0.1, 0.15) is 43.7 Å². The molecule has 18 heavy (non-hydrogen) atoms. The van der Waals surface area contributed by atoms with Gasteiger partial charge in [0.25, 0.3) is 0 Å². The third kappa shape index (κ3) is 2.39. The van der Waals surface area contributed by atoms with Gasteiger partial charge >= 0.3 is 0 Å². The van der Waals surface area contributed by atoms with Crippen molar-refractivity contribution in [2.75, 3.05) is 18.4 Å². The molecule has 0 bridgehead atoms. The largest absolute Gasteiger partial charge is 0.384 e. The Morgan fingerprint density at radius 2 is 2.28 bits per heavy atom. The number of benzene rings is 1. The van der Waals surface area contributed by atoms with Gasteiger partial charge in [-0.2, -0.15) is 0 Å². The van der Waals surface area contributed by atoms with E-state index >= 15 is 0 Å². The maximum absolute atomic E-state index is 3.44. The Kier molecular flexibility index (Phi) is 3.55. The molecule has 3 rings (SSSR count). The quantitative estimate of drug-likeness (QED) is 0.876. The van der Waals surface area contributed by atoms with Crippen molar-refractivity contribution in [1.29, 1.82) is 0 Å². The van der Waals surface area contributed by atoms with E-state index in [9.17, 15) is 0 Å². The van der Waals surface area contributed by atoms with E-state index < -0.39 is 0 Å². The van der Waals surface area contributed by atoms with E-state index in [1.165, 1.54) is 55.5 Å². The van der Waals surface area contributed by atoms with E-state index in [1.807, 2.05) is 0 Å². The molecule has 0 amide bonds. The van der Waals surface area contributed by atoms with E-state index in [4.69, 9.17) is 0 Å². The number of likely N-dealkylation sites (tertiary alicyclic amines) is 1. The second kappa shape index (κ2) is 5.31. The lowest BCUT2D eigenvalue weighted by Gasteiger charge is -2.35. The van der Waals surface area contributed by atoms with Crippen molar-refractivity contribution in [2.24, 2.45) is 0 Å². The summed E-state index contributed by atoms with van der Waals surface area (Å²) in [7, 11) is 0. The average molecular weight is 244 g/mol. The molecule has 1 fully saturated rings. The fraction of sp³-hybridized carbons (Fsp3) is 0.625. The van der Waals surface area contributed by atoms with Gasteiger partial charge in [-0.3, -0.25) is 4.90 Å². The maximum Gasteiger partial charge on any atom is 0.0373 e. The van der Waals surface area contributed by atoms with E-state index in [1.54, 1.807) is 0 Å². The average Bonchev–Trinajstić information content (AvgIpc) is 2.87. The molecule has 0 aliphatic carbocycles. The molecule has 98 valence electrons. The summed E-state index contributed by atoms with van der Waals surface area (Å²) in [4.78, 5) is 2.69. The van der Waals surface area contributed by atoms with Crippen molar-refractivity contribution in [3.63, 3.8) is 0 Å². The highest BCUT2D eigenvalue weighted by Crippen LogP contribution is 2.26. The number of anilines is 1. The number of rotatable bonds is 3. The molecule has 0 spiro atoms. The van der Waals surface area contributed by atoms with Gasteiger partial charge in [0.15, 0.2) is 0 Å². The zero-order valence-corrected chi connectivity index (χ0v) is 11.4. The summed E-state index contributed by atoms with van der Waals surface area (Å²) < 4.78 is 0. The van der Waals surface area contributed by atoms with Crippen molar-refractivity contribution >= 4 is 5.69 Å². The second-order valence-electron chi connectivity index (χ2n) is 5.70. The summed E-state index contributed by atoms with van der Waals surface area (Å²) in [6.45, 7) is 5.87. The van der Waals surface area contributed by atoms with Crippen LogP contribution >= 0.6 is 0 Å². The summed E-state index contributed by atoms with van der Waals surface area (Å²) in [6.07, 6.45) is 6.68. The molecule has 2 nitrogen and oxygen atoms in total. The highest BCUT2D eigenvalue weighted by molar-refractivity contribution is 5.56. The van der Waals surface area contributed by atoms with Crippen molar-refractivity contribution in [3.8, 4) is 0 Å². The summed E-state index contributed by atoms with van der Waals surface area (Å²) >= 11 is 0. The lowest BCUT2D eigenvalue weighted by Crippen LogP contribution is -2.38. The topological polar surface area (TPSA) is 15.3 Å². The lowest BCUT2D eigenvalue weighted by molar-refractivity contribution is 0.136. The number of hydrogen-bond acceptors (Lipinski definition) is 2. The molecule has 2 heterocycles. The molecule has 1 aromatic carbocycles. The summed E-state index contributed by atoms with van der Waals surface area (Å²) in [5.74, 6) is 0. The SMILES string of the molecule is CCC1CCCCN1Cc1ccc2c(c1)CCN2. The third-order valence-corrected chi connectivity index (χ3v) is 4.49. The van der Waals surface area contributed by atoms with Gasteiger partial charge in [-0.1, -0.05) is 25.5 Å². The van der Waals surface area contributed by atoms with Crippen LogP contribution in [-0.4, -0.2) is 24.0 Å². The molecule has 1 atom stereocenters. The van der Waals surface area contributed by atoms with E-state index in [0.717, 1.165) is 19.1 Å². The minimum atomic E-state index is 0.810. The van der Waals surface area contributed by atoms with Gasteiger partial charge in [-0.25, -0.2) is 0 Å². The molecule has 1 saturated heterocycles. The third-order valence-electron chi connectivity index (χ3n) is 4.49. The van der Waals surface area contributed by atoms with Gasteiger partial charge in [-0.15, -0.1) is 0 Å². The monoisotopic (exact) mass is 244 g/mol. The molecule has 1 aromatic rings. The second-order valence-corrected chi connectivity index (χ2v) is 5.70. The fourth-order valence-electron chi connectivity index (χ4n) is 3.42. The van der Waals surface area contributed by atoms with Crippen LogP contribution in [0.15, 0.2) is 18.2 Å². The van der Waals surface area contributed by atoms with Gasteiger partial charge < -0.3 is 5.32 Å². The summed E-state index contributed by atoms with van der Waals surface area (Å²) in [5.41, 5.74) is 4.36. The Labute approximate surface area is 110 Å². The highest BCUT2D eigenvalue weighted by Gasteiger charge is 2.21. The van der Waals surface area contributed by atoms with Crippen molar-refractivity contribution < 1.29 is 0 Å². The molecule has 2 heteroatoms. The molecule has 2 aliphatic heterocycles. The first kappa shape index (κ1) is 12.0. The van der Waals surface area contributed by atoms with Crippen LogP contribution in [0.2, 0.25) is 0 Å². The molecular weight excluding hydrogens is 220 g/mol. The smallest absolute Gasteiger partial charge is 0.0373 e. The van der Waals surface area contributed by atoms with Gasteiger partial charge in [-0.05, 0) is 49.4 Å². The van der Waals surface area contributed by atoms with Crippen molar-refractivity contribution in [2.45, 2.75) is 51.6 Å². The van der Waals surface area contributed by atoms with E-state index in [0.29, 0.717) is 0 Å². The number of nitrogens with one attached hydrogen (secondary N) is 1. The first-order valence-corrected chi connectivity index (χ1v) is 7.46. The minimum Gasteiger partial charge on any atom is -0.384 e. The van der Waals surface area contributed by atoms with E-state index in [2.05, 4.69) is 35.3 Å². The van der Waals surface area contributed by atoms with Crippen LogP contribution in [0.25, 0.3) is 0 Å². The number of hydrogen-bond donors (Lipinski definition) is 1. The minimum absolute atomic E-state index is 0.810. The van der Waals surface area contributed by atoms with Gasteiger partial charge in [0.05, 0.1) is 0 Å². The fourth-order valence-corrected chi connectivity index (χ4v) is 3.42. The lowest BCUT2D eigenvalue weighted by atomic mass is 9.98. The molecular formula is C16H24N2. The van der Waals surface area contributed by atoms with E-state index in [-0.39, 0.29) is 0 Å². The van der Waals surface area contributed by atoms with Crippen LogP contribution in [0, 0.1) is 0 Å². The Balaban J connectivity index is 1.71. The normalized spacial score (nSPS) is 23.7. The Morgan fingerprint density at radius 1 is 1.33 bits per heavy atom. The van der Waals surface area contributed by atoms with Crippen LogP contribution < -0.4 is 5.32 Å². The zero-order valence-electron chi connectivity index (χ0n) is 11.4. The summed E-state index contributed by atoms with van der Waals surface area (Å²) in [5, 5.41) is 3.44. The number of nitrogens with zero attached hydrogens (tertiary/aromatic N) is 1. The Hall–Kier alpha value is -1.02. The Bertz CT molecular complexity index is 414. The Morgan fingerprint density at radius 3 is 3.17 bits per heavy atom. The predicted molar refractivity (Wildman–Crippen MR) is 77.0 cm³/mol. The number of fused-ring (bicyclic) bond motifs is 1.